The summed E-state index contributed by atoms with van der Waals surface area (Å²) in [7, 11) is 0. The summed E-state index contributed by atoms with van der Waals surface area (Å²) in [5.41, 5.74) is 1.75. The molecule has 2 nitrogen and oxygen atoms in total. The molecule has 1 aliphatic carbocycles. The van der Waals surface area contributed by atoms with E-state index in [-0.39, 0.29) is 0 Å². The molecule has 0 saturated carbocycles. The summed E-state index contributed by atoms with van der Waals surface area (Å²) >= 11 is 0. The predicted molar refractivity (Wildman–Crippen MR) is 122 cm³/mol. The number of carbonyl (C=O) groups is 1. The van der Waals surface area contributed by atoms with Gasteiger partial charge in [0.05, 0.1) is 0 Å². The number of rotatable bonds is 17. The number of carboxylic acid groups (broad SMARTS) is 1. The zero-order chi connectivity index (χ0) is 20.1. The second kappa shape index (κ2) is 19.3. The minimum absolute atomic E-state index is 0.331. The van der Waals surface area contributed by atoms with Crippen molar-refractivity contribution in [2.45, 2.75) is 135 Å². The summed E-state index contributed by atoms with van der Waals surface area (Å²) in [6, 6.07) is 0. The van der Waals surface area contributed by atoms with Gasteiger partial charge in [0.1, 0.15) is 0 Å². The number of hydrogen-bond acceptors (Lipinski definition) is 1. The van der Waals surface area contributed by atoms with Crippen LogP contribution in [0.4, 0.5) is 0 Å². The van der Waals surface area contributed by atoms with E-state index in [1.54, 1.807) is 5.57 Å². The Labute approximate surface area is 174 Å². The summed E-state index contributed by atoms with van der Waals surface area (Å²) < 4.78 is 0. The third kappa shape index (κ3) is 17.1. The Morgan fingerprint density at radius 2 is 1.32 bits per heavy atom. The van der Waals surface area contributed by atoms with E-state index in [0.29, 0.717) is 6.42 Å². The van der Waals surface area contributed by atoms with Crippen LogP contribution in [0.15, 0.2) is 23.8 Å². The van der Waals surface area contributed by atoms with E-state index >= 15 is 0 Å². The van der Waals surface area contributed by atoms with Crippen molar-refractivity contribution in [1.29, 1.82) is 0 Å². The number of carboxylic acids is 1. The minimum atomic E-state index is -0.661. The van der Waals surface area contributed by atoms with Gasteiger partial charge in [0.25, 0.3) is 0 Å². The molecule has 2 heteroatoms. The SMILES string of the molecule is O=C(O)CCCCCCCC=CCCCCCCCCC1=CCCCCCC1. The lowest BCUT2D eigenvalue weighted by Gasteiger charge is -2.11. The van der Waals surface area contributed by atoms with Gasteiger partial charge in [-0.2, -0.15) is 0 Å². The van der Waals surface area contributed by atoms with Gasteiger partial charge >= 0.3 is 5.97 Å². The zero-order valence-electron chi connectivity index (χ0n) is 18.4. The van der Waals surface area contributed by atoms with Crippen molar-refractivity contribution in [3.8, 4) is 0 Å². The lowest BCUT2D eigenvalue weighted by atomic mass is 9.96. The van der Waals surface area contributed by atoms with Gasteiger partial charge in [-0.1, -0.05) is 81.6 Å². The topological polar surface area (TPSA) is 37.3 Å². The standard InChI is InChI=1S/C26H46O2/c27-26(28)24-20-16-11-9-7-5-3-1-2-4-6-8-10-13-17-21-25-22-18-14-12-15-19-23-25/h1,3,22H,2,4-21,23-24H2,(H,27,28). The third-order valence-corrected chi connectivity index (χ3v) is 5.93. The van der Waals surface area contributed by atoms with Crippen LogP contribution in [0.2, 0.25) is 0 Å². The quantitative estimate of drug-likeness (QED) is 0.199. The van der Waals surface area contributed by atoms with Crippen LogP contribution < -0.4 is 0 Å². The van der Waals surface area contributed by atoms with Crippen molar-refractivity contribution >= 4 is 5.97 Å². The first-order chi connectivity index (χ1) is 13.8. The summed E-state index contributed by atoms with van der Waals surface area (Å²) in [5, 5.41) is 8.58. The van der Waals surface area contributed by atoms with Crippen molar-refractivity contribution < 1.29 is 9.90 Å². The Hall–Kier alpha value is -1.05. The lowest BCUT2D eigenvalue weighted by Crippen LogP contribution is -1.93. The zero-order valence-corrected chi connectivity index (χ0v) is 18.4. The second-order valence-corrected chi connectivity index (χ2v) is 8.65. The summed E-state index contributed by atoms with van der Waals surface area (Å²) in [5.74, 6) is -0.661. The molecule has 162 valence electrons. The van der Waals surface area contributed by atoms with Gasteiger partial charge < -0.3 is 5.11 Å². The molecule has 0 fully saturated rings. The second-order valence-electron chi connectivity index (χ2n) is 8.65. The van der Waals surface area contributed by atoms with Crippen LogP contribution in [0.3, 0.4) is 0 Å². The molecule has 28 heavy (non-hydrogen) atoms. The molecule has 0 aliphatic heterocycles. The Kier molecular flexibility index (Phi) is 17.2. The molecule has 1 aliphatic rings. The van der Waals surface area contributed by atoms with Crippen molar-refractivity contribution in [3.63, 3.8) is 0 Å². The molecule has 0 aromatic rings. The number of aliphatic carboxylic acids is 1. The van der Waals surface area contributed by atoms with Crippen LogP contribution in [0.25, 0.3) is 0 Å². The highest BCUT2D eigenvalue weighted by Crippen LogP contribution is 2.22. The van der Waals surface area contributed by atoms with Crippen molar-refractivity contribution in [3.05, 3.63) is 23.8 Å². The van der Waals surface area contributed by atoms with E-state index in [9.17, 15) is 4.79 Å². The lowest BCUT2D eigenvalue weighted by molar-refractivity contribution is -0.137. The molecular formula is C26H46O2. The van der Waals surface area contributed by atoms with Gasteiger partial charge in [-0.3, -0.25) is 4.79 Å². The molecule has 0 spiro atoms. The molecule has 0 radical (unpaired) electrons. The molecular weight excluding hydrogens is 344 g/mol. The molecule has 0 bridgehead atoms. The van der Waals surface area contributed by atoms with E-state index in [1.165, 1.54) is 116 Å². The first-order valence-corrected chi connectivity index (χ1v) is 12.3. The minimum Gasteiger partial charge on any atom is -0.481 e. The van der Waals surface area contributed by atoms with Crippen LogP contribution >= 0.6 is 0 Å². The maximum absolute atomic E-state index is 10.4. The Morgan fingerprint density at radius 3 is 2.00 bits per heavy atom. The molecule has 0 aromatic heterocycles. The van der Waals surface area contributed by atoms with Crippen LogP contribution in [0, 0.1) is 0 Å². The number of hydrogen-bond donors (Lipinski definition) is 1. The summed E-state index contributed by atoms with van der Waals surface area (Å²) in [6.45, 7) is 0. The Balaban J connectivity index is 1.78. The molecule has 0 unspecified atom stereocenters. The normalized spacial score (nSPS) is 15.4. The molecule has 1 rings (SSSR count). The fraction of sp³-hybridized carbons (Fsp3) is 0.808. The van der Waals surface area contributed by atoms with Gasteiger partial charge in [-0.25, -0.2) is 0 Å². The highest BCUT2D eigenvalue weighted by Gasteiger charge is 2.02. The Bertz CT molecular complexity index is 422. The fourth-order valence-electron chi connectivity index (χ4n) is 4.11. The predicted octanol–water partition coefficient (Wildman–Crippen LogP) is 8.76. The van der Waals surface area contributed by atoms with Crippen LogP contribution in [-0.4, -0.2) is 11.1 Å². The van der Waals surface area contributed by atoms with Crippen LogP contribution in [0.1, 0.15) is 135 Å². The summed E-state index contributed by atoms with van der Waals surface area (Å²) in [6.07, 6.45) is 33.7. The number of allylic oxidation sites excluding steroid dienone is 4. The van der Waals surface area contributed by atoms with E-state index in [0.717, 1.165) is 12.8 Å². The maximum atomic E-state index is 10.4. The summed E-state index contributed by atoms with van der Waals surface area (Å²) in [4.78, 5) is 10.4. The van der Waals surface area contributed by atoms with Crippen LogP contribution in [0.5, 0.6) is 0 Å². The van der Waals surface area contributed by atoms with Gasteiger partial charge in [0.15, 0.2) is 0 Å². The number of unbranched alkanes of at least 4 members (excludes halogenated alkanes) is 11. The molecule has 0 saturated heterocycles. The van der Waals surface area contributed by atoms with E-state index < -0.39 is 5.97 Å². The van der Waals surface area contributed by atoms with Crippen molar-refractivity contribution in [1.82, 2.24) is 0 Å². The van der Waals surface area contributed by atoms with E-state index in [1.807, 2.05) is 0 Å². The van der Waals surface area contributed by atoms with Gasteiger partial charge in [0, 0.05) is 6.42 Å². The van der Waals surface area contributed by atoms with Gasteiger partial charge in [0.2, 0.25) is 0 Å². The average Bonchev–Trinajstić information content (AvgIpc) is 2.65. The van der Waals surface area contributed by atoms with Crippen molar-refractivity contribution in [2.24, 2.45) is 0 Å². The maximum Gasteiger partial charge on any atom is 0.303 e. The smallest absolute Gasteiger partial charge is 0.303 e. The van der Waals surface area contributed by atoms with Crippen molar-refractivity contribution in [2.75, 3.05) is 0 Å². The Morgan fingerprint density at radius 1 is 0.750 bits per heavy atom. The van der Waals surface area contributed by atoms with Gasteiger partial charge in [-0.15, -0.1) is 0 Å². The fourth-order valence-corrected chi connectivity index (χ4v) is 4.11. The average molecular weight is 391 g/mol. The van der Waals surface area contributed by atoms with E-state index in [4.69, 9.17) is 5.11 Å². The largest absolute Gasteiger partial charge is 0.481 e. The third-order valence-electron chi connectivity index (χ3n) is 5.93. The highest BCUT2D eigenvalue weighted by atomic mass is 16.4. The molecule has 0 aromatic carbocycles. The highest BCUT2D eigenvalue weighted by molar-refractivity contribution is 5.66. The first kappa shape index (κ1) is 25.0. The molecule has 0 atom stereocenters. The monoisotopic (exact) mass is 390 g/mol. The van der Waals surface area contributed by atoms with E-state index in [2.05, 4.69) is 18.2 Å². The molecule has 0 amide bonds. The van der Waals surface area contributed by atoms with Crippen LogP contribution in [-0.2, 0) is 4.79 Å². The first-order valence-electron chi connectivity index (χ1n) is 12.3. The van der Waals surface area contributed by atoms with Gasteiger partial charge in [-0.05, 0) is 70.6 Å². The molecule has 0 heterocycles. The molecule has 1 N–H and O–H groups in total.